The number of benzene rings is 1. The zero-order valence-electron chi connectivity index (χ0n) is 11.5. The van der Waals surface area contributed by atoms with Crippen LogP contribution >= 0.6 is 11.3 Å². The monoisotopic (exact) mass is 301 g/mol. The fraction of sp³-hybridized carbons (Fsp3) is 0.125. The van der Waals surface area contributed by atoms with Crippen LogP contribution in [0.4, 0.5) is 0 Å². The zero-order valence-corrected chi connectivity index (χ0v) is 12.3. The number of carbonyl (C=O) groups is 2. The van der Waals surface area contributed by atoms with E-state index in [-0.39, 0.29) is 5.91 Å². The van der Waals surface area contributed by atoms with E-state index in [2.05, 4.69) is 5.32 Å². The van der Waals surface area contributed by atoms with E-state index in [4.69, 9.17) is 5.11 Å². The molecule has 5 heteroatoms. The van der Waals surface area contributed by atoms with Crippen LogP contribution in [0.3, 0.4) is 0 Å². The molecule has 0 aliphatic carbocycles. The smallest absolute Gasteiger partial charge is 0.328 e. The summed E-state index contributed by atoms with van der Waals surface area (Å²) >= 11 is 1.59. The topological polar surface area (TPSA) is 66.4 Å². The van der Waals surface area contributed by atoms with Crippen LogP contribution in [0, 0.1) is 6.92 Å². The van der Waals surface area contributed by atoms with E-state index < -0.39 is 5.97 Å². The average Bonchev–Trinajstić information content (AvgIpc) is 2.96. The Labute approximate surface area is 126 Å². The van der Waals surface area contributed by atoms with Gasteiger partial charge in [0.05, 0.1) is 0 Å². The Morgan fingerprint density at radius 1 is 1.33 bits per heavy atom. The van der Waals surface area contributed by atoms with Crippen molar-refractivity contribution >= 4 is 29.3 Å². The molecule has 21 heavy (non-hydrogen) atoms. The molecule has 1 heterocycles. The summed E-state index contributed by atoms with van der Waals surface area (Å²) in [5.74, 6) is -1.13. The standard InChI is InChI=1S/C16H15NO3S/c1-11-8-14(3-2-13(11)4-5-15(18)19)16(20)17-9-12-6-7-21-10-12/h2-8,10H,9H2,1H3,(H,17,20)(H,18,19)/b5-4+. The number of thiophene rings is 1. The number of aryl methyl sites for hydroxylation is 1. The van der Waals surface area contributed by atoms with Crippen molar-refractivity contribution in [1.82, 2.24) is 5.32 Å². The minimum absolute atomic E-state index is 0.141. The lowest BCUT2D eigenvalue weighted by Crippen LogP contribution is -2.22. The van der Waals surface area contributed by atoms with Crippen molar-refractivity contribution in [3.8, 4) is 0 Å². The zero-order chi connectivity index (χ0) is 15.2. The number of carboxylic acids is 1. The Balaban J connectivity index is 2.05. The molecule has 2 aromatic rings. The van der Waals surface area contributed by atoms with E-state index in [0.717, 1.165) is 22.8 Å². The van der Waals surface area contributed by atoms with E-state index in [1.54, 1.807) is 29.5 Å². The van der Waals surface area contributed by atoms with Gasteiger partial charge in [-0.05, 0) is 58.6 Å². The predicted molar refractivity (Wildman–Crippen MR) is 83.3 cm³/mol. The molecular formula is C16H15NO3S. The third kappa shape index (κ3) is 4.29. The van der Waals surface area contributed by atoms with Crippen LogP contribution in [0.2, 0.25) is 0 Å². The third-order valence-corrected chi connectivity index (χ3v) is 3.70. The summed E-state index contributed by atoms with van der Waals surface area (Å²) in [6.45, 7) is 2.35. The van der Waals surface area contributed by atoms with Crippen LogP contribution < -0.4 is 5.32 Å². The largest absolute Gasteiger partial charge is 0.478 e. The molecule has 1 aromatic heterocycles. The van der Waals surface area contributed by atoms with E-state index in [9.17, 15) is 9.59 Å². The van der Waals surface area contributed by atoms with Gasteiger partial charge in [0, 0.05) is 18.2 Å². The maximum absolute atomic E-state index is 12.0. The first-order valence-electron chi connectivity index (χ1n) is 6.37. The number of hydrogen-bond acceptors (Lipinski definition) is 3. The molecule has 0 saturated heterocycles. The van der Waals surface area contributed by atoms with Crippen molar-refractivity contribution in [2.75, 3.05) is 0 Å². The Kier molecular flexibility index (Phi) is 4.90. The van der Waals surface area contributed by atoms with Crippen LogP contribution in [-0.2, 0) is 11.3 Å². The molecule has 2 rings (SSSR count). The molecule has 0 unspecified atom stereocenters. The average molecular weight is 301 g/mol. The number of rotatable bonds is 5. The molecule has 0 aliphatic heterocycles. The maximum atomic E-state index is 12.0. The second kappa shape index (κ2) is 6.85. The highest BCUT2D eigenvalue weighted by Crippen LogP contribution is 2.13. The molecule has 0 aliphatic rings. The molecule has 1 aromatic carbocycles. The Morgan fingerprint density at radius 2 is 2.14 bits per heavy atom. The number of carbonyl (C=O) groups excluding carboxylic acids is 1. The van der Waals surface area contributed by atoms with Gasteiger partial charge in [-0.2, -0.15) is 11.3 Å². The van der Waals surface area contributed by atoms with E-state index >= 15 is 0 Å². The van der Waals surface area contributed by atoms with Gasteiger partial charge in [-0.25, -0.2) is 4.79 Å². The summed E-state index contributed by atoms with van der Waals surface area (Å²) in [6, 6.07) is 7.16. The van der Waals surface area contributed by atoms with Gasteiger partial charge in [-0.15, -0.1) is 0 Å². The molecule has 1 amide bonds. The SMILES string of the molecule is Cc1cc(C(=O)NCc2ccsc2)ccc1/C=C/C(=O)O. The summed E-state index contributed by atoms with van der Waals surface area (Å²) in [4.78, 5) is 22.6. The minimum Gasteiger partial charge on any atom is -0.478 e. The molecular weight excluding hydrogens is 286 g/mol. The van der Waals surface area contributed by atoms with Crippen LogP contribution in [0.1, 0.15) is 27.0 Å². The molecule has 2 N–H and O–H groups in total. The van der Waals surface area contributed by atoms with Gasteiger partial charge in [-0.1, -0.05) is 6.07 Å². The molecule has 0 fully saturated rings. The van der Waals surface area contributed by atoms with Crippen molar-refractivity contribution in [1.29, 1.82) is 0 Å². The van der Waals surface area contributed by atoms with Gasteiger partial charge in [0.25, 0.3) is 5.91 Å². The second-order valence-corrected chi connectivity index (χ2v) is 5.34. The molecule has 0 radical (unpaired) electrons. The van der Waals surface area contributed by atoms with E-state index in [1.807, 2.05) is 23.8 Å². The van der Waals surface area contributed by atoms with Crippen molar-refractivity contribution in [3.05, 3.63) is 63.4 Å². The fourth-order valence-corrected chi connectivity index (χ4v) is 2.51. The summed E-state index contributed by atoms with van der Waals surface area (Å²) in [7, 11) is 0. The Bertz CT molecular complexity index is 675. The second-order valence-electron chi connectivity index (χ2n) is 4.56. The van der Waals surface area contributed by atoms with Crippen LogP contribution in [-0.4, -0.2) is 17.0 Å². The maximum Gasteiger partial charge on any atom is 0.328 e. The highest BCUT2D eigenvalue weighted by atomic mass is 32.1. The lowest BCUT2D eigenvalue weighted by molar-refractivity contribution is -0.131. The lowest BCUT2D eigenvalue weighted by Gasteiger charge is -2.06. The van der Waals surface area contributed by atoms with Gasteiger partial charge in [0.2, 0.25) is 0 Å². The van der Waals surface area contributed by atoms with Crippen molar-refractivity contribution in [2.45, 2.75) is 13.5 Å². The van der Waals surface area contributed by atoms with Crippen LogP contribution in [0.5, 0.6) is 0 Å². The highest BCUT2D eigenvalue weighted by molar-refractivity contribution is 7.07. The Hall–Kier alpha value is -2.40. The number of nitrogens with one attached hydrogen (secondary N) is 1. The van der Waals surface area contributed by atoms with Crippen molar-refractivity contribution in [3.63, 3.8) is 0 Å². The number of aliphatic carboxylic acids is 1. The van der Waals surface area contributed by atoms with E-state index in [1.165, 1.54) is 6.08 Å². The minimum atomic E-state index is -0.994. The first-order chi connectivity index (χ1) is 10.1. The van der Waals surface area contributed by atoms with Crippen LogP contribution in [0.25, 0.3) is 6.08 Å². The fourth-order valence-electron chi connectivity index (χ4n) is 1.84. The van der Waals surface area contributed by atoms with Gasteiger partial charge in [0.1, 0.15) is 0 Å². The van der Waals surface area contributed by atoms with Gasteiger partial charge in [-0.3, -0.25) is 4.79 Å². The summed E-state index contributed by atoms with van der Waals surface area (Å²) < 4.78 is 0. The number of hydrogen-bond donors (Lipinski definition) is 2. The van der Waals surface area contributed by atoms with Gasteiger partial charge < -0.3 is 10.4 Å². The molecule has 0 atom stereocenters. The summed E-state index contributed by atoms with van der Waals surface area (Å²) in [6.07, 6.45) is 2.60. The normalized spacial score (nSPS) is 10.7. The predicted octanol–water partition coefficient (Wildman–Crippen LogP) is 3.08. The van der Waals surface area contributed by atoms with Gasteiger partial charge >= 0.3 is 5.97 Å². The number of amides is 1. The third-order valence-electron chi connectivity index (χ3n) is 2.97. The van der Waals surface area contributed by atoms with Crippen molar-refractivity contribution < 1.29 is 14.7 Å². The lowest BCUT2D eigenvalue weighted by atomic mass is 10.0. The summed E-state index contributed by atoms with van der Waals surface area (Å²) in [5, 5.41) is 15.4. The number of carboxylic acid groups (broad SMARTS) is 1. The quantitative estimate of drug-likeness (QED) is 0.834. The molecule has 0 saturated carbocycles. The molecule has 0 spiro atoms. The molecule has 4 nitrogen and oxygen atoms in total. The highest BCUT2D eigenvalue weighted by Gasteiger charge is 2.07. The van der Waals surface area contributed by atoms with E-state index in [0.29, 0.717) is 12.1 Å². The van der Waals surface area contributed by atoms with Crippen molar-refractivity contribution in [2.24, 2.45) is 0 Å². The summed E-state index contributed by atoms with van der Waals surface area (Å²) in [5.41, 5.74) is 3.28. The Morgan fingerprint density at radius 3 is 2.76 bits per heavy atom. The van der Waals surface area contributed by atoms with Crippen LogP contribution in [0.15, 0.2) is 41.1 Å². The molecule has 108 valence electrons. The molecule has 0 bridgehead atoms. The van der Waals surface area contributed by atoms with Gasteiger partial charge in [0.15, 0.2) is 0 Å². The first-order valence-corrected chi connectivity index (χ1v) is 7.31. The first kappa shape index (κ1) is 15.0.